The van der Waals surface area contributed by atoms with Crippen molar-refractivity contribution in [3.8, 4) is 0 Å². The molecule has 0 atom stereocenters. The summed E-state index contributed by atoms with van der Waals surface area (Å²) in [5.74, 6) is -0.374. The largest absolute Gasteiger partial charge is 0.379 e. The topological polar surface area (TPSA) is 94.0 Å². The Morgan fingerprint density at radius 1 is 1.53 bits per heavy atom. The zero-order valence-corrected chi connectivity index (χ0v) is 11.0. The molecule has 2 aromatic heterocycles. The van der Waals surface area contributed by atoms with Crippen molar-refractivity contribution in [2.24, 2.45) is 0 Å². The molecular weight excluding hydrogens is 308 g/mol. The maximum Gasteiger partial charge on any atom is 0.277 e. The van der Waals surface area contributed by atoms with E-state index in [2.05, 4.69) is 36.2 Å². The molecule has 8 heteroatoms. The fraction of sp³-hybridized carbons (Fsp3) is 0.222. The third kappa shape index (κ3) is 3.04. The molecule has 0 aliphatic rings. The summed E-state index contributed by atoms with van der Waals surface area (Å²) in [6.07, 6.45) is 0.757. The summed E-state index contributed by atoms with van der Waals surface area (Å²) < 4.78 is 5.42. The van der Waals surface area contributed by atoms with Crippen molar-refractivity contribution in [2.75, 3.05) is 12.3 Å². The molecule has 0 aromatic carbocycles. The number of rotatable bonds is 4. The molecule has 0 saturated carbocycles. The highest BCUT2D eigenvalue weighted by molar-refractivity contribution is 9.11. The van der Waals surface area contributed by atoms with Gasteiger partial charge in [0.25, 0.3) is 5.91 Å². The molecule has 0 bridgehead atoms. The Hall–Kier alpha value is -1.41. The molecule has 3 N–H and O–H groups in total. The predicted octanol–water partition coefficient (Wildman–Crippen LogP) is 1.45. The van der Waals surface area contributed by atoms with Crippen molar-refractivity contribution in [3.05, 3.63) is 26.5 Å². The number of nitrogens with one attached hydrogen (secondary N) is 1. The molecule has 0 saturated heterocycles. The maximum absolute atomic E-state index is 11.6. The van der Waals surface area contributed by atoms with Gasteiger partial charge >= 0.3 is 0 Å². The number of carbonyl (C=O) groups is 1. The quantitative estimate of drug-likeness (QED) is 0.890. The van der Waals surface area contributed by atoms with E-state index < -0.39 is 0 Å². The molecule has 0 unspecified atom stereocenters. The van der Waals surface area contributed by atoms with E-state index in [1.807, 2.05) is 12.1 Å². The van der Waals surface area contributed by atoms with E-state index in [9.17, 15) is 4.79 Å². The first kappa shape index (κ1) is 12.1. The second-order valence-corrected chi connectivity index (χ2v) is 5.76. The van der Waals surface area contributed by atoms with E-state index in [-0.39, 0.29) is 17.4 Å². The summed E-state index contributed by atoms with van der Waals surface area (Å²) in [4.78, 5) is 12.7. The average Bonchev–Trinajstić information content (AvgIpc) is 2.87. The molecule has 0 fully saturated rings. The van der Waals surface area contributed by atoms with Crippen LogP contribution in [0, 0.1) is 0 Å². The second kappa shape index (κ2) is 5.28. The lowest BCUT2D eigenvalue weighted by molar-refractivity contribution is 0.0945. The maximum atomic E-state index is 11.6. The van der Waals surface area contributed by atoms with Crippen molar-refractivity contribution in [3.63, 3.8) is 0 Å². The van der Waals surface area contributed by atoms with Crippen molar-refractivity contribution in [1.29, 1.82) is 0 Å². The van der Waals surface area contributed by atoms with E-state index in [4.69, 9.17) is 5.73 Å². The van der Waals surface area contributed by atoms with Gasteiger partial charge in [-0.15, -0.1) is 11.3 Å². The van der Waals surface area contributed by atoms with E-state index in [1.165, 1.54) is 4.88 Å². The van der Waals surface area contributed by atoms with Crippen LogP contribution in [0.1, 0.15) is 15.4 Å². The molecule has 2 rings (SSSR count). The highest BCUT2D eigenvalue weighted by Gasteiger charge is 2.15. The molecule has 90 valence electrons. The minimum Gasteiger partial charge on any atom is -0.379 e. The Bertz CT molecular complexity index is 525. The van der Waals surface area contributed by atoms with Gasteiger partial charge in [-0.25, -0.2) is 4.63 Å². The number of amides is 1. The van der Waals surface area contributed by atoms with Crippen LogP contribution < -0.4 is 11.1 Å². The summed E-state index contributed by atoms with van der Waals surface area (Å²) in [5, 5.41) is 9.44. The Morgan fingerprint density at radius 2 is 2.35 bits per heavy atom. The molecule has 2 heterocycles. The molecule has 17 heavy (non-hydrogen) atoms. The van der Waals surface area contributed by atoms with Gasteiger partial charge in [-0.3, -0.25) is 4.79 Å². The Balaban J connectivity index is 1.83. The standard InChI is InChI=1S/C9H9BrN4O2S/c10-6-2-1-5(17-6)3-4-12-9(15)7-8(11)14-16-13-7/h1-2H,3-4H2,(H2,11,14)(H,12,15). The van der Waals surface area contributed by atoms with Gasteiger partial charge in [0.05, 0.1) is 3.79 Å². The van der Waals surface area contributed by atoms with Crippen LogP contribution in [0.15, 0.2) is 20.5 Å². The first-order valence-electron chi connectivity index (χ1n) is 4.77. The molecule has 2 aromatic rings. The predicted molar refractivity (Wildman–Crippen MR) is 66.8 cm³/mol. The van der Waals surface area contributed by atoms with Gasteiger partial charge in [0.1, 0.15) is 0 Å². The number of hydrogen-bond acceptors (Lipinski definition) is 6. The first-order chi connectivity index (χ1) is 8.16. The Morgan fingerprint density at radius 3 is 2.94 bits per heavy atom. The third-order valence-corrected chi connectivity index (χ3v) is 3.70. The van der Waals surface area contributed by atoms with Crippen LogP contribution in [-0.2, 0) is 6.42 Å². The summed E-state index contributed by atoms with van der Waals surface area (Å²) >= 11 is 5.01. The molecule has 1 amide bonds. The SMILES string of the molecule is Nc1nonc1C(=O)NCCc1ccc(Br)s1. The van der Waals surface area contributed by atoms with Crippen LogP contribution in [0.25, 0.3) is 0 Å². The van der Waals surface area contributed by atoms with Crippen LogP contribution in [0.3, 0.4) is 0 Å². The van der Waals surface area contributed by atoms with Crippen LogP contribution >= 0.6 is 27.3 Å². The van der Waals surface area contributed by atoms with E-state index >= 15 is 0 Å². The van der Waals surface area contributed by atoms with E-state index in [0.29, 0.717) is 6.54 Å². The molecule has 0 radical (unpaired) electrons. The minimum atomic E-state index is -0.376. The third-order valence-electron chi connectivity index (χ3n) is 2.01. The number of aromatic nitrogens is 2. The number of nitrogens with two attached hydrogens (primary N) is 1. The summed E-state index contributed by atoms with van der Waals surface area (Å²) in [5.41, 5.74) is 5.42. The van der Waals surface area contributed by atoms with Crippen molar-refractivity contribution < 1.29 is 9.42 Å². The van der Waals surface area contributed by atoms with Crippen LogP contribution in [0.4, 0.5) is 5.82 Å². The Kier molecular flexibility index (Phi) is 3.75. The molecule has 0 aliphatic carbocycles. The van der Waals surface area contributed by atoms with E-state index in [0.717, 1.165) is 10.2 Å². The average molecular weight is 317 g/mol. The molecular formula is C9H9BrN4O2S. The number of carbonyl (C=O) groups excluding carboxylic acids is 1. The smallest absolute Gasteiger partial charge is 0.277 e. The number of hydrogen-bond donors (Lipinski definition) is 2. The Labute approximate surface area is 109 Å². The molecule has 0 spiro atoms. The van der Waals surface area contributed by atoms with Crippen molar-refractivity contribution in [2.45, 2.75) is 6.42 Å². The lowest BCUT2D eigenvalue weighted by atomic mass is 10.3. The fourth-order valence-electron chi connectivity index (χ4n) is 1.22. The lowest BCUT2D eigenvalue weighted by Crippen LogP contribution is -2.26. The zero-order chi connectivity index (χ0) is 12.3. The minimum absolute atomic E-state index is 0.00127. The highest BCUT2D eigenvalue weighted by Crippen LogP contribution is 2.22. The van der Waals surface area contributed by atoms with Gasteiger partial charge in [0.15, 0.2) is 0 Å². The van der Waals surface area contributed by atoms with Gasteiger partial charge in [-0.1, -0.05) is 0 Å². The fourth-order valence-corrected chi connectivity index (χ4v) is 2.70. The van der Waals surface area contributed by atoms with Crippen molar-refractivity contribution in [1.82, 2.24) is 15.6 Å². The second-order valence-electron chi connectivity index (χ2n) is 3.21. The number of halogens is 1. The summed E-state index contributed by atoms with van der Waals surface area (Å²) in [6, 6.07) is 3.98. The lowest BCUT2D eigenvalue weighted by Gasteiger charge is -2.00. The van der Waals surface area contributed by atoms with Crippen LogP contribution in [0.5, 0.6) is 0 Å². The van der Waals surface area contributed by atoms with Gasteiger partial charge < -0.3 is 11.1 Å². The highest BCUT2D eigenvalue weighted by atomic mass is 79.9. The van der Waals surface area contributed by atoms with Crippen LogP contribution in [-0.4, -0.2) is 22.8 Å². The number of nitrogens with zero attached hydrogens (tertiary/aromatic N) is 2. The first-order valence-corrected chi connectivity index (χ1v) is 6.38. The number of anilines is 1. The normalized spacial score (nSPS) is 10.4. The zero-order valence-electron chi connectivity index (χ0n) is 8.64. The monoisotopic (exact) mass is 316 g/mol. The summed E-state index contributed by atoms with van der Waals surface area (Å²) in [7, 11) is 0. The van der Waals surface area contributed by atoms with Gasteiger partial charge in [0, 0.05) is 11.4 Å². The van der Waals surface area contributed by atoms with Gasteiger partial charge in [-0.05, 0) is 44.8 Å². The number of thiophene rings is 1. The number of nitrogen functional groups attached to an aromatic ring is 1. The van der Waals surface area contributed by atoms with Gasteiger partial charge in [-0.2, -0.15) is 0 Å². The van der Waals surface area contributed by atoms with E-state index in [1.54, 1.807) is 11.3 Å². The van der Waals surface area contributed by atoms with Gasteiger partial charge in [0.2, 0.25) is 11.5 Å². The molecule has 6 nitrogen and oxygen atoms in total. The van der Waals surface area contributed by atoms with Crippen molar-refractivity contribution >= 4 is 39.0 Å². The van der Waals surface area contributed by atoms with Crippen LogP contribution in [0.2, 0.25) is 0 Å². The molecule has 0 aliphatic heterocycles. The summed E-state index contributed by atoms with van der Waals surface area (Å²) in [6.45, 7) is 0.512.